The van der Waals surface area contributed by atoms with Crippen molar-refractivity contribution in [3.8, 4) is 0 Å². The lowest BCUT2D eigenvalue weighted by Crippen LogP contribution is -2.32. The van der Waals surface area contributed by atoms with E-state index in [0.717, 1.165) is 24.4 Å². The van der Waals surface area contributed by atoms with Gasteiger partial charge in [0.15, 0.2) is 0 Å². The Balaban J connectivity index is 1.98. The van der Waals surface area contributed by atoms with E-state index in [1.54, 1.807) is 0 Å². The number of pyridine rings is 1. The minimum atomic E-state index is 0.621. The molecule has 0 radical (unpaired) electrons. The topological polar surface area (TPSA) is 28.2 Å². The number of hydrogen-bond acceptors (Lipinski definition) is 4. The van der Waals surface area contributed by atoms with Gasteiger partial charge in [0, 0.05) is 30.8 Å². The number of fused-ring (bicyclic) bond motifs is 1. The molecule has 2 heterocycles. The molecule has 0 spiro atoms. The molecule has 2 aromatic rings. The molecule has 1 N–H and O–H groups in total. The molecule has 1 aromatic carbocycles. The van der Waals surface area contributed by atoms with Crippen LogP contribution in [0.3, 0.4) is 0 Å². The predicted molar refractivity (Wildman–Crippen MR) is 93.3 cm³/mol. The second-order valence-corrected chi connectivity index (χ2v) is 6.72. The molecule has 1 unspecified atom stereocenters. The summed E-state index contributed by atoms with van der Waals surface area (Å²) in [6, 6.07) is 11.3. The number of thioether (sulfide) groups is 1. The maximum atomic E-state index is 4.88. The highest BCUT2D eigenvalue weighted by atomic mass is 32.2. The van der Waals surface area contributed by atoms with Crippen molar-refractivity contribution in [2.45, 2.75) is 25.9 Å². The monoisotopic (exact) mass is 301 g/mol. The van der Waals surface area contributed by atoms with Crippen molar-refractivity contribution in [2.75, 3.05) is 30.0 Å². The van der Waals surface area contributed by atoms with Crippen molar-refractivity contribution in [3.05, 3.63) is 35.9 Å². The van der Waals surface area contributed by atoms with Gasteiger partial charge >= 0.3 is 0 Å². The maximum absolute atomic E-state index is 4.88. The predicted octanol–water partition coefficient (Wildman–Crippen LogP) is 3.29. The first kappa shape index (κ1) is 14.7. The van der Waals surface area contributed by atoms with Crippen LogP contribution in [-0.2, 0) is 6.54 Å². The van der Waals surface area contributed by atoms with Gasteiger partial charge in [0.05, 0.1) is 5.52 Å². The summed E-state index contributed by atoms with van der Waals surface area (Å²) in [6.45, 7) is 4.03. The molecule has 112 valence electrons. The van der Waals surface area contributed by atoms with E-state index in [4.69, 9.17) is 4.98 Å². The molecule has 1 fully saturated rings. The highest BCUT2D eigenvalue weighted by Gasteiger charge is 2.21. The van der Waals surface area contributed by atoms with Crippen LogP contribution in [0.15, 0.2) is 30.3 Å². The lowest BCUT2D eigenvalue weighted by atomic mass is 10.1. The minimum Gasteiger partial charge on any atom is -0.356 e. The van der Waals surface area contributed by atoms with Gasteiger partial charge in [-0.2, -0.15) is 11.8 Å². The van der Waals surface area contributed by atoms with E-state index in [1.165, 1.54) is 28.9 Å². The van der Waals surface area contributed by atoms with E-state index in [-0.39, 0.29) is 0 Å². The molecule has 0 amide bonds. The molecular formula is C17H23N3S. The molecule has 4 heteroatoms. The molecule has 21 heavy (non-hydrogen) atoms. The van der Waals surface area contributed by atoms with Gasteiger partial charge in [0.2, 0.25) is 0 Å². The van der Waals surface area contributed by atoms with Crippen LogP contribution < -0.4 is 10.2 Å². The van der Waals surface area contributed by atoms with Crippen molar-refractivity contribution in [3.63, 3.8) is 0 Å². The van der Waals surface area contributed by atoms with Gasteiger partial charge in [-0.25, -0.2) is 4.98 Å². The average Bonchev–Trinajstić information content (AvgIpc) is 3.06. The summed E-state index contributed by atoms with van der Waals surface area (Å²) >= 11 is 2.05. The minimum absolute atomic E-state index is 0.621. The summed E-state index contributed by atoms with van der Waals surface area (Å²) < 4.78 is 0. The first-order valence-corrected chi connectivity index (χ1v) is 8.85. The zero-order chi connectivity index (χ0) is 14.7. The van der Waals surface area contributed by atoms with Gasteiger partial charge in [0.25, 0.3) is 0 Å². The molecule has 0 saturated carbocycles. The van der Waals surface area contributed by atoms with E-state index in [2.05, 4.69) is 54.5 Å². The fourth-order valence-electron chi connectivity index (χ4n) is 2.83. The SMILES string of the molecule is CCNCc1cc(N(C)C2CCSC2)nc2ccccc12. The summed E-state index contributed by atoms with van der Waals surface area (Å²) in [5.74, 6) is 3.59. The smallest absolute Gasteiger partial charge is 0.129 e. The van der Waals surface area contributed by atoms with E-state index < -0.39 is 0 Å². The summed E-state index contributed by atoms with van der Waals surface area (Å²) in [7, 11) is 2.19. The van der Waals surface area contributed by atoms with Crippen LogP contribution in [0.4, 0.5) is 5.82 Å². The number of nitrogens with zero attached hydrogens (tertiary/aromatic N) is 2. The van der Waals surface area contributed by atoms with Crippen molar-refractivity contribution in [2.24, 2.45) is 0 Å². The Bertz CT molecular complexity index is 608. The normalized spacial score (nSPS) is 18.3. The van der Waals surface area contributed by atoms with Crippen LogP contribution in [0.25, 0.3) is 10.9 Å². The Kier molecular flexibility index (Phi) is 4.66. The maximum Gasteiger partial charge on any atom is 0.129 e. The van der Waals surface area contributed by atoms with E-state index in [9.17, 15) is 0 Å². The van der Waals surface area contributed by atoms with Crippen molar-refractivity contribution in [1.82, 2.24) is 10.3 Å². The molecule has 1 saturated heterocycles. The Morgan fingerprint density at radius 1 is 1.38 bits per heavy atom. The van der Waals surface area contributed by atoms with Gasteiger partial charge < -0.3 is 10.2 Å². The van der Waals surface area contributed by atoms with Crippen molar-refractivity contribution < 1.29 is 0 Å². The third-order valence-corrected chi connectivity index (χ3v) is 5.31. The van der Waals surface area contributed by atoms with Crippen molar-refractivity contribution in [1.29, 1.82) is 0 Å². The van der Waals surface area contributed by atoms with Gasteiger partial charge in [0.1, 0.15) is 5.82 Å². The molecule has 0 bridgehead atoms. The average molecular weight is 301 g/mol. The molecule has 1 aliphatic heterocycles. The van der Waals surface area contributed by atoms with Gasteiger partial charge in [-0.05, 0) is 36.4 Å². The summed E-state index contributed by atoms with van der Waals surface area (Å²) in [5, 5.41) is 4.70. The number of rotatable bonds is 5. The molecule has 1 atom stereocenters. The number of benzene rings is 1. The van der Waals surface area contributed by atoms with Crippen molar-refractivity contribution >= 4 is 28.5 Å². The Morgan fingerprint density at radius 3 is 3.00 bits per heavy atom. The van der Waals surface area contributed by atoms with E-state index in [0.29, 0.717) is 6.04 Å². The Labute approximate surface area is 131 Å². The fraction of sp³-hybridized carbons (Fsp3) is 0.471. The third-order valence-electron chi connectivity index (χ3n) is 4.17. The van der Waals surface area contributed by atoms with Crippen LogP contribution in [0.1, 0.15) is 18.9 Å². The van der Waals surface area contributed by atoms with Gasteiger partial charge in [-0.3, -0.25) is 0 Å². The van der Waals surface area contributed by atoms with Crippen LogP contribution in [-0.4, -0.2) is 36.1 Å². The number of para-hydroxylation sites is 1. The Morgan fingerprint density at radius 2 is 2.24 bits per heavy atom. The highest BCUT2D eigenvalue weighted by Crippen LogP contribution is 2.28. The van der Waals surface area contributed by atoms with E-state index in [1.807, 2.05) is 11.8 Å². The quantitative estimate of drug-likeness (QED) is 0.917. The van der Waals surface area contributed by atoms with Crippen LogP contribution in [0.5, 0.6) is 0 Å². The molecule has 1 aromatic heterocycles. The van der Waals surface area contributed by atoms with Crippen LogP contribution in [0.2, 0.25) is 0 Å². The van der Waals surface area contributed by atoms with Crippen LogP contribution >= 0.6 is 11.8 Å². The molecule has 0 aliphatic carbocycles. The van der Waals surface area contributed by atoms with Gasteiger partial charge in [-0.15, -0.1) is 0 Å². The Hall–Kier alpha value is -1.26. The zero-order valence-electron chi connectivity index (χ0n) is 12.8. The number of hydrogen-bond donors (Lipinski definition) is 1. The van der Waals surface area contributed by atoms with Gasteiger partial charge in [-0.1, -0.05) is 25.1 Å². The fourth-order valence-corrected chi connectivity index (χ4v) is 4.10. The molecule has 1 aliphatic rings. The van der Waals surface area contributed by atoms with E-state index >= 15 is 0 Å². The first-order chi connectivity index (χ1) is 10.3. The lowest BCUT2D eigenvalue weighted by molar-refractivity contribution is 0.690. The first-order valence-electron chi connectivity index (χ1n) is 7.69. The molecular weight excluding hydrogens is 278 g/mol. The summed E-state index contributed by atoms with van der Waals surface area (Å²) in [6.07, 6.45) is 1.26. The second kappa shape index (κ2) is 6.67. The number of aromatic nitrogens is 1. The summed E-state index contributed by atoms with van der Waals surface area (Å²) in [5.41, 5.74) is 2.44. The third kappa shape index (κ3) is 3.16. The number of anilines is 1. The largest absolute Gasteiger partial charge is 0.356 e. The number of nitrogens with one attached hydrogen (secondary N) is 1. The summed E-state index contributed by atoms with van der Waals surface area (Å²) in [4.78, 5) is 7.24. The van der Waals surface area contributed by atoms with Crippen LogP contribution in [0, 0.1) is 0 Å². The molecule has 3 nitrogen and oxygen atoms in total. The lowest BCUT2D eigenvalue weighted by Gasteiger charge is -2.26. The zero-order valence-corrected chi connectivity index (χ0v) is 13.6. The standard InChI is InChI=1S/C17H23N3S/c1-3-18-11-13-10-17(20(2)14-8-9-21-12-14)19-16-7-5-4-6-15(13)16/h4-7,10,14,18H,3,8-9,11-12H2,1-2H3. The second-order valence-electron chi connectivity index (χ2n) is 5.57. The highest BCUT2D eigenvalue weighted by molar-refractivity contribution is 7.99. The molecule has 3 rings (SSSR count).